The number of benzene rings is 3. The first kappa shape index (κ1) is 26.3. The second-order valence-corrected chi connectivity index (χ2v) is 8.37. The minimum absolute atomic E-state index is 0. The van der Waals surface area contributed by atoms with E-state index in [9.17, 15) is 0 Å². The van der Waals surface area contributed by atoms with Gasteiger partial charge in [-0.05, 0) is 77.9 Å². The summed E-state index contributed by atoms with van der Waals surface area (Å²) in [4.78, 5) is 0. The average molecular weight is 572 g/mol. The molecule has 4 aromatic rings. The smallest absolute Gasteiger partial charge is 0.212 e. The lowest BCUT2D eigenvalue weighted by Gasteiger charge is -2.06. The zero-order chi connectivity index (χ0) is 23.6. The van der Waals surface area contributed by atoms with Crippen LogP contribution in [0, 0.1) is 23.7 Å². The normalized spacial score (nSPS) is 9.89. The highest BCUT2D eigenvalue weighted by molar-refractivity contribution is 5.84. The lowest BCUT2D eigenvalue weighted by Crippen LogP contribution is -3.00. The van der Waals surface area contributed by atoms with Gasteiger partial charge in [-0.2, -0.15) is 0 Å². The minimum Gasteiger partial charge on any atom is -1.00 e. The molecule has 4 rings (SSSR count). The third kappa shape index (κ3) is 7.35. The van der Waals surface area contributed by atoms with Crippen LogP contribution in [0.5, 0.6) is 5.75 Å². The van der Waals surface area contributed by atoms with E-state index < -0.39 is 0 Å². The Kier molecular flexibility index (Phi) is 10.2. The van der Waals surface area contributed by atoms with Gasteiger partial charge in [-0.3, -0.25) is 0 Å². The van der Waals surface area contributed by atoms with E-state index in [-0.39, 0.29) is 24.0 Å². The number of fused-ring (bicyclic) bond motifs is 1. The van der Waals surface area contributed by atoms with Crippen LogP contribution in [0.4, 0.5) is 0 Å². The van der Waals surface area contributed by atoms with E-state index in [1.165, 1.54) is 30.2 Å². The number of aromatic nitrogens is 1. The van der Waals surface area contributed by atoms with Gasteiger partial charge in [0.15, 0.2) is 6.20 Å². The molecule has 0 atom stereocenters. The van der Waals surface area contributed by atoms with E-state index in [1.54, 1.807) is 0 Å². The van der Waals surface area contributed by atoms with Gasteiger partial charge in [0.1, 0.15) is 12.8 Å². The number of aryl methyl sites for hydroxylation is 1. The van der Waals surface area contributed by atoms with Crippen LogP contribution in [0.25, 0.3) is 22.0 Å². The molecule has 3 aromatic carbocycles. The van der Waals surface area contributed by atoms with Gasteiger partial charge in [0.2, 0.25) is 5.52 Å². The number of nitrogens with zero attached hydrogens (tertiary/aromatic N) is 1. The summed E-state index contributed by atoms with van der Waals surface area (Å²) in [6.45, 7) is 2.99. The molecule has 1 aromatic heterocycles. The molecule has 0 saturated carbocycles. The molecule has 0 spiro atoms. The van der Waals surface area contributed by atoms with Crippen molar-refractivity contribution in [3.8, 4) is 40.6 Å². The second kappa shape index (κ2) is 13.6. The standard InChI is InChI=1S/C32H30NO.HI/c1-3-4-5-10-24-34-30-20-17-26(18-21-30)12-6-7-13-27-14-8-9-16-31(27)28-19-22-32-29(25-28)15-11-23-33(32)2;/h8-9,11,14-23,25H,3-5,10,24H2,1-2H3;1H/q+1;/p-1. The van der Waals surface area contributed by atoms with Crippen molar-refractivity contribution in [1.29, 1.82) is 0 Å². The number of pyridine rings is 1. The Balaban J connectivity index is 0.00000342. The van der Waals surface area contributed by atoms with Gasteiger partial charge in [-0.1, -0.05) is 56.2 Å². The molecule has 0 fully saturated rings. The van der Waals surface area contributed by atoms with Gasteiger partial charge < -0.3 is 28.7 Å². The second-order valence-electron chi connectivity index (χ2n) is 8.37. The summed E-state index contributed by atoms with van der Waals surface area (Å²) in [5.41, 5.74) is 5.38. The summed E-state index contributed by atoms with van der Waals surface area (Å²) in [5, 5.41) is 1.21. The van der Waals surface area contributed by atoms with Crippen LogP contribution in [0.3, 0.4) is 0 Å². The van der Waals surface area contributed by atoms with Crippen molar-refractivity contribution in [3.05, 3.63) is 96.2 Å². The zero-order valence-electron chi connectivity index (χ0n) is 20.4. The number of halogens is 1. The van der Waals surface area contributed by atoms with E-state index in [0.29, 0.717) is 0 Å². The van der Waals surface area contributed by atoms with Gasteiger partial charge in [0, 0.05) is 28.6 Å². The van der Waals surface area contributed by atoms with E-state index in [1.807, 2.05) is 36.4 Å². The summed E-state index contributed by atoms with van der Waals surface area (Å²) in [7, 11) is 2.06. The molecule has 176 valence electrons. The predicted molar refractivity (Wildman–Crippen MR) is 140 cm³/mol. The van der Waals surface area contributed by atoms with E-state index in [4.69, 9.17) is 4.74 Å². The third-order valence-electron chi connectivity index (χ3n) is 5.82. The van der Waals surface area contributed by atoms with Crippen molar-refractivity contribution < 1.29 is 33.3 Å². The van der Waals surface area contributed by atoms with Crippen molar-refractivity contribution in [2.75, 3.05) is 6.61 Å². The van der Waals surface area contributed by atoms with Gasteiger partial charge in [-0.15, -0.1) is 0 Å². The molecule has 0 aliphatic carbocycles. The fraction of sp³-hybridized carbons (Fsp3) is 0.219. The maximum absolute atomic E-state index is 5.80. The highest BCUT2D eigenvalue weighted by Crippen LogP contribution is 2.26. The fourth-order valence-corrected chi connectivity index (χ4v) is 3.93. The molecule has 0 N–H and O–H groups in total. The van der Waals surface area contributed by atoms with Gasteiger partial charge >= 0.3 is 0 Å². The molecule has 0 aliphatic rings. The topological polar surface area (TPSA) is 13.1 Å². The first-order valence-corrected chi connectivity index (χ1v) is 12.0. The number of hydrogen-bond acceptors (Lipinski definition) is 1. The SMILES string of the molecule is CCCCCCOc1ccc(C#CC#Cc2ccccc2-c2ccc3c(ccc[n+]3C)c2)cc1.[I-]. The maximum Gasteiger partial charge on any atom is 0.212 e. The zero-order valence-corrected chi connectivity index (χ0v) is 22.5. The van der Waals surface area contributed by atoms with E-state index >= 15 is 0 Å². The molecule has 0 radical (unpaired) electrons. The Morgan fingerprint density at radius 2 is 1.60 bits per heavy atom. The van der Waals surface area contributed by atoms with Crippen LogP contribution in [-0.2, 0) is 7.05 Å². The molecule has 3 heteroatoms. The minimum atomic E-state index is 0. The first-order chi connectivity index (χ1) is 16.7. The van der Waals surface area contributed by atoms with Gasteiger partial charge in [0.05, 0.1) is 6.61 Å². The molecule has 0 saturated heterocycles. The molecule has 35 heavy (non-hydrogen) atoms. The molecule has 0 bridgehead atoms. The van der Waals surface area contributed by atoms with Crippen LogP contribution < -0.4 is 33.3 Å². The fourth-order valence-electron chi connectivity index (χ4n) is 3.93. The van der Waals surface area contributed by atoms with Crippen molar-refractivity contribution in [2.24, 2.45) is 7.05 Å². The maximum atomic E-state index is 5.80. The Hall–Kier alpha value is -3.28. The summed E-state index contributed by atoms with van der Waals surface area (Å²) in [6.07, 6.45) is 6.90. The Morgan fingerprint density at radius 1 is 0.800 bits per heavy atom. The summed E-state index contributed by atoms with van der Waals surface area (Å²) >= 11 is 0. The summed E-state index contributed by atoms with van der Waals surface area (Å²) in [5.74, 6) is 13.3. The summed E-state index contributed by atoms with van der Waals surface area (Å²) in [6, 6.07) is 26.9. The number of rotatable bonds is 7. The monoisotopic (exact) mass is 571 g/mol. The van der Waals surface area contributed by atoms with Crippen molar-refractivity contribution in [1.82, 2.24) is 0 Å². The highest BCUT2D eigenvalue weighted by atomic mass is 127. The third-order valence-corrected chi connectivity index (χ3v) is 5.82. The largest absolute Gasteiger partial charge is 1.00 e. The van der Waals surface area contributed by atoms with Gasteiger partial charge in [0.25, 0.3) is 0 Å². The van der Waals surface area contributed by atoms with Crippen LogP contribution in [0.2, 0.25) is 0 Å². The number of unbranched alkanes of at least 4 members (excludes halogenated alkanes) is 3. The van der Waals surface area contributed by atoms with Crippen LogP contribution in [0.1, 0.15) is 43.7 Å². The molecule has 0 aliphatic heterocycles. The number of ether oxygens (including phenoxy) is 1. The molecular weight excluding hydrogens is 541 g/mol. The van der Waals surface area contributed by atoms with E-state index in [2.05, 4.69) is 90.9 Å². The van der Waals surface area contributed by atoms with Crippen molar-refractivity contribution >= 4 is 10.9 Å². The van der Waals surface area contributed by atoms with E-state index in [0.717, 1.165) is 41.0 Å². The predicted octanol–water partition coefficient (Wildman–Crippen LogP) is 3.70. The Labute approximate surface area is 226 Å². The van der Waals surface area contributed by atoms with Crippen LogP contribution in [0.15, 0.2) is 85.1 Å². The van der Waals surface area contributed by atoms with Crippen LogP contribution >= 0.6 is 0 Å². The van der Waals surface area contributed by atoms with Crippen molar-refractivity contribution in [2.45, 2.75) is 32.6 Å². The lowest BCUT2D eigenvalue weighted by atomic mass is 9.98. The molecule has 2 nitrogen and oxygen atoms in total. The van der Waals surface area contributed by atoms with Gasteiger partial charge in [-0.25, -0.2) is 4.57 Å². The molecule has 0 amide bonds. The molecular formula is C32H30INO. The Bertz CT molecular complexity index is 1380. The molecule has 0 unspecified atom stereocenters. The summed E-state index contributed by atoms with van der Waals surface area (Å²) < 4.78 is 7.93. The lowest BCUT2D eigenvalue weighted by molar-refractivity contribution is -0.644. The highest BCUT2D eigenvalue weighted by Gasteiger charge is 2.08. The van der Waals surface area contributed by atoms with Crippen LogP contribution in [-0.4, -0.2) is 6.61 Å². The first-order valence-electron chi connectivity index (χ1n) is 12.0. The molecule has 1 heterocycles. The number of hydrogen-bond donors (Lipinski definition) is 0. The van der Waals surface area contributed by atoms with Crippen molar-refractivity contribution in [3.63, 3.8) is 0 Å². The Morgan fingerprint density at radius 3 is 2.43 bits per heavy atom. The average Bonchev–Trinajstić information content (AvgIpc) is 2.87. The quantitative estimate of drug-likeness (QED) is 0.143.